The Morgan fingerprint density at radius 1 is 0.556 bits per heavy atom. The maximum Gasteiger partial charge on any atom is 0.249 e. The standard InChI is InChI=1S/C44H87NO9/c1-3-5-7-9-11-13-15-17-19-21-23-25-27-29-31-33-38(48)43(52)45-36(35-53-44-42(51)41(50)40(49)39(34-46)54-44)37(47)32-30-28-26-24-22-20-18-16-14-12-10-8-6-4-2/h36-42,44,46-51H,3-35H2,1-2H3,(H,45,52). The molecule has 0 aromatic heterocycles. The lowest BCUT2D eigenvalue weighted by Gasteiger charge is -2.40. The van der Waals surface area contributed by atoms with Gasteiger partial charge < -0.3 is 45.4 Å². The van der Waals surface area contributed by atoms with Crippen LogP contribution in [0.1, 0.15) is 213 Å². The molecule has 7 N–H and O–H groups in total. The SMILES string of the molecule is CCCCCCCCCCCCCCCCCC(O)C(=O)NC(COC1OC(CO)C(O)C(O)C1O)C(O)CCCCCCCCCCCCCCCC. The Bertz CT molecular complexity index is 834. The largest absolute Gasteiger partial charge is 0.394 e. The van der Waals surface area contributed by atoms with E-state index in [0.717, 1.165) is 38.5 Å². The molecule has 0 bridgehead atoms. The summed E-state index contributed by atoms with van der Waals surface area (Å²) in [7, 11) is 0. The van der Waals surface area contributed by atoms with Crippen molar-refractivity contribution in [3.05, 3.63) is 0 Å². The van der Waals surface area contributed by atoms with Crippen LogP contribution in [0.5, 0.6) is 0 Å². The number of amides is 1. The Morgan fingerprint density at radius 2 is 0.926 bits per heavy atom. The smallest absolute Gasteiger partial charge is 0.249 e. The predicted octanol–water partition coefficient (Wildman–Crippen LogP) is 8.14. The minimum absolute atomic E-state index is 0.250. The van der Waals surface area contributed by atoms with E-state index in [0.29, 0.717) is 12.8 Å². The number of hydrogen-bond donors (Lipinski definition) is 7. The van der Waals surface area contributed by atoms with Gasteiger partial charge in [0.2, 0.25) is 5.91 Å². The van der Waals surface area contributed by atoms with Crippen LogP contribution in [0.15, 0.2) is 0 Å². The summed E-state index contributed by atoms with van der Waals surface area (Å²) < 4.78 is 11.2. The fourth-order valence-electron chi connectivity index (χ4n) is 7.52. The van der Waals surface area contributed by atoms with Crippen LogP contribution in [0.4, 0.5) is 0 Å². The molecule has 1 aliphatic rings. The summed E-state index contributed by atoms with van der Waals surface area (Å²) in [5, 5.41) is 64.8. The minimum Gasteiger partial charge on any atom is -0.394 e. The van der Waals surface area contributed by atoms with Crippen molar-refractivity contribution in [2.45, 2.75) is 262 Å². The van der Waals surface area contributed by atoms with Crippen LogP contribution in [0.2, 0.25) is 0 Å². The summed E-state index contributed by atoms with van der Waals surface area (Å²) >= 11 is 0. The highest BCUT2D eigenvalue weighted by Gasteiger charge is 2.44. The molecule has 0 saturated carbocycles. The van der Waals surface area contributed by atoms with Gasteiger partial charge in [-0.2, -0.15) is 0 Å². The molecule has 0 aromatic rings. The van der Waals surface area contributed by atoms with Gasteiger partial charge in [-0.3, -0.25) is 4.79 Å². The molecule has 54 heavy (non-hydrogen) atoms. The molecule has 1 rings (SSSR count). The number of ether oxygens (including phenoxy) is 2. The van der Waals surface area contributed by atoms with Crippen LogP contribution < -0.4 is 5.32 Å². The molecule has 1 aliphatic heterocycles. The highest BCUT2D eigenvalue weighted by molar-refractivity contribution is 5.80. The van der Waals surface area contributed by atoms with Crippen molar-refractivity contribution in [2.75, 3.05) is 13.2 Å². The molecule has 1 fully saturated rings. The Hall–Kier alpha value is -0.850. The fraction of sp³-hybridized carbons (Fsp3) is 0.977. The lowest BCUT2D eigenvalue weighted by molar-refractivity contribution is -0.302. The summed E-state index contributed by atoms with van der Waals surface area (Å²) in [6.45, 7) is 3.67. The Morgan fingerprint density at radius 3 is 1.31 bits per heavy atom. The number of nitrogens with one attached hydrogen (secondary N) is 1. The van der Waals surface area contributed by atoms with Gasteiger partial charge in [0.1, 0.15) is 30.5 Å². The monoisotopic (exact) mass is 774 g/mol. The zero-order valence-corrected chi connectivity index (χ0v) is 34.9. The zero-order valence-electron chi connectivity index (χ0n) is 34.9. The van der Waals surface area contributed by atoms with Gasteiger partial charge in [-0.25, -0.2) is 0 Å². The number of aliphatic hydroxyl groups is 6. The average Bonchev–Trinajstić information content (AvgIpc) is 3.17. The molecule has 0 radical (unpaired) electrons. The van der Waals surface area contributed by atoms with Gasteiger partial charge in [-0.05, 0) is 12.8 Å². The van der Waals surface area contributed by atoms with E-state index in [1.807, 2.05) is 0 Å². The molecular weight excluding hydrogens is 686 g/mol. The van der Waals surface area contributed by atoms with Crippen LogP contribution in [0, 0.1) is 0 Å². The Labute approximate surface area is 330 Å². The second kappa shape index (κ2) is 35.3. The second-order valence-electron chi connectivity index (χ2n) is 16.4. The van der Waals surface area contributed by atoms with Crippen LogP contribution in [0.3, 0.4) is 0 Å². The van der Waals surface area contributed by atoms with E-state index in [9.17, 15) is 35.4 Å². The van der Waals surface area contributed by atoms with E-state index in [-0.39, 0.29) is 6.61 Å². The third kappa shape index (κ3) is 25.4. The van der Waals surface area contributed by atoms with Crippen LogP contribution in [-0.2, 0) is 14.3 Å². The quantitative estimate of drug-likeness (QED) is 0.0306. The van der Waals surface area contributed by atoms with E-state index < -0.39 is 61.5 Å². The molecule has 10 heteroatoms. The first-order valence-electron chi connectivity index (χ1n) is 22.8. The highest BCUT2D eigenvalue weighted by Crippen LogP contribution is 2.23. The molecule has 0 spiro atoms. The summed E-state index contributed by atoms with van der Waals surface area (Å²) in [6.07, 6.45) is 27.2. The lowest BCUT2D eigenvalue weighted by Crippen LogP contribution is -2.60. The summed E-state index contributed by atoms with van der Waals surface area (Å²) in [6, 6.07) is -0.887. The fourth-order valence-corrected chi connectivity index (χ4v) is 7.52. The van der Waals surface area contributed by atoms with Crippen molar-refractivity contribution in [1.82, 2.24) is 5.32 Å². The summed E-state index contributed by atoms with van der Waals surface area (Å²) in [5.41, 5.74) is 0. The average molecular weight is 774 g/mol. The third-order valence-corrected chi connectivity index (χ3v) is 11.3. The molecule has 0 aliphatic carbocycles. The van der Waals surface area contributed by atoms with Crippen LogP contribution >= 0.6 is 0 Å². The van der Waals surface area contributed by atoms with Gasteiger partial charge >= 0.3 is 0 Å². The Balaban J connectivity index is 2.39. The van der Waals surface area contributed by atoms with Crippen molar-refractivity contribution < 1.29 is 44.9 Å². The van der Waals surface area contributed by atoms with Crippen LogP contribution in [-0.4, -0.2) is 98.7 Å². The van der Waals surface area contributed by atoms with Gasteiger partial charge in [-0.1, -0.05) is 200 Å². The molecule has 1 amide bonds. The van der Waals surface area contributed by atoms with Crippen LogP contribution in [0.25, 0.3) is 0 Å². The van der Waals surface area contributed by atoms with Gasteiger partial charge in [-0.15, -0.1) is 0 Å². The first kappa shape index (κ1) is 51.2. The van der Waals surface area contributed by atoms with E-state index in [1.165, 1.54) is 148 Å². The number of aliphatic hydroxyl groups excluding tert-OH is 6. The molecule has 0 aromatic carbocycles. The molecule has 8 unspecified atom stereocenters. The third-order valence-electron chi connectivity index (χ3n) is 11.3. The van der Waals surface area contributed by atoms with E-state index >= 15 is 0 Å². The molecule has 322 valence electrons. The summed E-state index contributed by atoms with van der Waals surface area (Å²) in [5.74, 6) is -0.581. The maximum absolute atomic E-state index is 13.0. The number of carbonyl (C=O) groups excluding carboxylic acids is 1. The van der Waals surface area contributed by atoms with E-state index in [2.05, 4.69) is 19.2 Å². The van der Waals surface area contributed by atoms with Gasteiger partial charge in [0.25, 0.3) is 0 Å². The molecule has 1 heterocycles. The van der Waals surface area contributed by atoms with Crippen molar-refractivity contribution in [3.8, 4) is 0 Å². The minimum atomic E-state index is -1.59. The first-order chi connectivity index (χ1) is 26.3. The van der Waals surface area contributed by atoms with E-state index in [1.54, 1.807) is 0 Å². The number of unbranched alkanes of at least 4 members (excludes halogenated alkanes) is 27. The maximum atomic E-state index is 13.0. The lowest BCUT2D eigenvalue weighted by atomic mass is 9.99. The highest BCUT2D eigenvalue weighted by atomic mass is 16.7. The number of carbonyl (C=O) groups is 1. The Kier molecular flexibility index (Phi) is 33.5. The topological polar surface area (TPSA) is 169 Å². The van der Waals surface area contributed by atoms with Crippen molar-refractivity contribution in [1.29, 1.82) is 0 Å². The molecular formula is C44H87NO9. The van der Waals surface area contributed by atoms with Crippen molar-refractivity contribution >= 4 is 5.91 Å². The van der Waals surface area contributed by atoms with Crippen molar-refractivity contribution in [3.63, 3.8) is 0 Å². The number of rotatable bonds is 38. The van der Waals surface area contributed by atoms with Gasteiger partial charge in [0.15, 0.2) is 6.29 Å². The molecule has 10 nitrogen and oxygen atoms in total. The molecule has 8 atom stereocenters. The number of hydrogen-bond acceptors (Lipinski definition) is 9. The van der Waals surface area contributed by atoms with Crippen molar-refractivity contribution in [2.24, 2.45) is 0 Å². The molecule has 1 saturated heterocycles. The zero-order chi connectivity index (χ0) is 39.7. The first-order valence-corrected chi connectivity index (χ1v) is 22.8. The summed E-state index contributed by atoms with van der Waals surface area (Å²) in [4.78, 5) is 13.0. The second-order valence-corrected chi connectivity index (χ2v) is 16.4. The van der Waals surface area contributed by atoms with Gasteiger partial charge in [0.05, 0.1) is 25.4 Å². The normalized spacial score (nSPS) is 22.0. The van der Waals surface area contributed by atoms with E-state index in [4.69, 9.17) is 9.47 Å². The predicted molar refractivity (Wildman–Crippen MR) is 218 cm³/mol. The van der Waals surface area contributed by atoms with Gasteiger partial charge in [0, 0.05) is 0 Å².